The summed E-state index contributed by atoms with van der Waals surface area (Å²) in [4.78, 5) is 12.7. The van der Waals surface area contributed by atoms with E-state index in [0.717, 1.165) is 24.9 Å². The molecule has 0 saturated heterocycles. The molecule has 1 aliphatic rings. The first-order valence-corrected chi connectivity index (χ1v) is 8.19. The Labute approximate surface area is 136 Å². The van der Waals surface area contributed by atoms with Crippen LogP contribution in [0.2, 0.25) is 0 Å². The highest BCUT2D eigenvalue weighted by atomic mass is 16.5. The molecule has 0 radical (unpaired) electrons. The maximum Gasteiger partial charge on any atom is 0.258 e. The first-order chi connectivity index (χ1) is 11.1. The van der Waals surface area contributed by atoms with Crippen LogP contribution in [0.1, 0.15) is 48.7 Å². The van der Waals surface area contributed by atoms with Crippen molar-refractivity contribution in [3.8, 4) is 5.88 Å². The zero-order valence-corrected chi connectivity index (χ0v) is 13.7. The van der Waals surface area contributed by atoms with E-state index in [2.05, 4.69) is 36.4 Å². The van der Waals surface area contributed by atoms with Crippen molar-refractivity contribution in [1.82, 2.24) is 15.1 Å². The van der Waals surface area contributed by atoms with Crippen molar-refractivity contribution in [1.29, 1.82) is 0 Å². The molecule has 5 nitrogen and oxygen atoms in total. The first kappa shape index (κ1) is 15.6. The molecule has 1 unspecified atom stereocenters. The van der Waals surface area contributed by atoms with E-state index < -0.39 is 0 Å². The number of fused-ring (bicyclic) bond motifs is 1. The van der Waals surface area contributed by atoms with Crippen molar-refractivity contribution in [2.45, 2.75) is 39.3 Å². The minimum absolute atomic E-state index is 0.0113. The van der Waals surface area contributed by atoms with Crippen LogP contribution in [0, 0.1) is 5.92 Å². The second-order valence-corrected chi connectivity index (χ2v) is 6.35. The number of nitrogens with zero attached hydrogens (tertiary/aromatic N) is 2. The maximum absolute atomic E-state index is 12.7. The van der Waals surface area contributed by atoms with Gasteiger partial charge in [-0.25, -0.2) is 4.68 Å². The van der Waals surface area contributed by atoms with Gasteiger partial charge in [0.15, 0.2) is 0 Å². The van der Waals surface area contributed by atoms with Gasteiger partial charge in [0, 0.05) is 13.0 Å². The van der Waals surface area contributed by atoms with Crippen LogP contribution in [0.5, 0.6) is 5.88 Å². The monoisotopic (exact) mass is 313 g/mol. The summed E-state index contributed by atoms with van der Waals surface area (Å²) in [6, 6.07) is 10.1. The second-order valence-electron chi connectivity index (χ2n) is 6.35. The van der Waals surface area contributed by atoms with E-state index in [1.54, 1.807) is 10.9 Å². The number of ether oxygens (including phenoxy) is 1. The van der Waals surface area contributed by atoms with E-state index in [0.29, 0.717) is 24.0 Å². The van der Waals surface area contributed by atoms with Gasteiger partial charge >= 0.3 is 0 Å². The van der Waals surface area contributed by atoms with Crippen molar-refractivity contribution < 1.29 is 9.53 Å². The summed E-state index contributed by atoms with van der Waals surface area (Å²) in [5.74, 6) is 0.950. The molecule has 2 aromatic rings. The fourth-order valence-corrected chi connectivity index (χ4v) is 2.90. The predicted octanol–water partition coefficient (Wildman–Crippen LogP) is 3.18. The molecule has 1 aromatic carbocycles. The lowest BCUT2D eigenvalue weighted by atomic mass is 9.97. The van der Waals surface area contributed by atoms with Gasteiger partial charge < -0.3 is 10.1 Å². The Morgan fingerprint density at radius 1 is 1.35 bits per heavy atom. The van der Waals surface area contributed by atoms with Gasteiger partial charge in [0.25, 0.3) is 5.91 Å². The molecule has 1 N–H and O–H groups in total. The van der Waals surface area contributed by atoms with Crippen molar-refractivity contribution in [3.63, 3.8) is 0 Å². The number of aryl methyl sites for hydroxylation is 1. The summed E-state index contributed by atoms with van der Waals surface area (Å²) in [5.41, 5.74) is 1.64. The van der Waals surface area contributed by atoms with E-state index >= 15 is 0 Å². The van der Waals surface area contributed by atoms with Crippen molar-refractivity contribution in [3.05, 3.63) is 47.7 Å². The normalized spacial score (nSPS) is 14.9. The van der Waals surface area contributed by atoms with E-state index in [4.69, 9.17) is 4.74 Å². The van der Waals surface area contributed by atoms with Gasteiger partial charge in [0.05, 0.1) is 18.8 Å². The van der Waals surface area contributed by atoms with Gasteiger partial charge in [0.2, 0.25) is 5.88 Å². The Morgan fingerprint density at radius 3 is 2.87 bits per heavy atom. The fraction of sp³-hybridized carbons (Fsp3) is 0.444. The number of benzene rings is 1. The molecule has 23 heavy (non-hydrogen) atoms. The Hall–Kier alpha value is -2.30. The van der Waals surface area contributed by atoms with E-state index in [1.807, 2.05) is 18.2 Å². The van der Waals surface area contributed by atoms with Crippen LogP contribution in [0.3, 0.4) is 0 Å². The number of nitrogens with one attached hydrogen (secondary N) is 1. The Kier molecular flexibility index (Phi) is 4.65. The van der Waals surface area contributed by atoms with Gasteiger partial charge in [-0.2, -0.15) is 5.10 Å². The number of amides is 1. The molecule has 3 rings (SSSR count). The average molecular weight is 313 g/mol. The smallest absolute Gasteiger partial charge is 0.258 e. The number of rotatable bonds is 5. The number of carbonyl (C=O) groups excluding carboxylic acids is 1. The molecule has 0 saturated carbocycles. The number of carbonyl (C=O) groups is 1. The van der Waals surface area contributed by atoms with Crippen LogP contribution in [0.25, 0.3) is 0 Å². The van der Waals surface area contributed by atoms with E-state index in [1.165, 1.54) is 0 Å². The molecule has 122 valence electrons. The Morgan fingerprint density at radius 2 is 2.13 bits per heavy atom. The van der Waals surface area contributed by atoms with Crippen LogP contribution < -0.4 is 10.1 Å². The molecule has 1 atom stereocenters. The molecule has 0 bridgehead atoms. The SMILES string of the molecule is CC(C)CC(NC(=O)c1cnn2c1OCCC2)c1ccccc1. The van der Waals surface area contributed by atoms with Crippen LogP contribution >= 0.6 is 0 Å². The first-order valence-electron chi connectivity index (χ1n) is 8.19. The minimum atomic E-state index is -0.123. The van der Waals surface area contributed by atoms with Crippen LogP contribution in [-0.4, -0.2) is 22.3 Å². The lowest BCUT2D eigenvalue weighted by Crippen LogP contribution is -2.30. The highest BCUT2D eigenvalue weighted by Gasteiger charge is 2.24. The average Bonchev–Trinajstić information content (AvgIpc) is 2.99. The molecule has 0 fully saturated rings. The third-order valence-electron chi connectivity index (χ3n) is 4.00. The molecular weight excluding hydrogens is 290 g/mol. The van der Waals surface area contributed by atoms with Gasteiger partial charge in [-0.3, -0.25) is 4.79 Å². The summed E-state index contributed by atoms with van der Waals surface area (Å²) < 4.78 is 7.39. The van der Waals surface area contributed by atoms with Gasteiger partial charge in [0.1, 0.15) is 5.56 Å². The van der Waals surface area contributed by atoms with Gasteiger partial charge in [-0.15, -0.1) is 0 Å². The molecule has 0 aliphatic carbocycles. The maximum atomic E-state index is 12.7. The summed E-state index contributed by atoms with van der Waals surface area (Å²) >= 11 is 0. The summed E-state index contributed by atoms with van der Waals surface area (Å²) in [6.45, 7) is 5.76. The summed E-state index contributed by atoms with van der Waals surface area (Å²) in [7, 11) is 0. The zero-order chi connectivity index (χ0) is 16.2. The molecular formula is C18H23N3O2. The zero-order valence-electron chi connectivity index (χ0n) is 13.7. The molecule has 0 spiro atoms. The number of aromatic nitrogens is 2. The van der Waals surface area contributed by atoms with Crippen LogP contribution in [0.4, 0.5) is 0 Å². The summed E-state index contributed by atoms with van der Waals surface area (Å²) in [6.07, 6.45) is 3.42. The van der Waals surface area contributed by atoms with Crippen molar-refractivity contribution in [2.24, 2.45) is 5.92 Å². The fourth-order valence-electron chi connectivity index (χ4n) is 2.90. The van der Waals surface area contributed by atoms with Gasteiger partial charge in [-0.1, -0.05) is 44.2 Å². The third-order valence-corrected chi connectivity index (χ3v) is 4.00. The molecule has 1 aliphatic heterocycles. The largest absolute Gasteiger partial charge is 0.477 e. The molecule has 1 aromatic heterocycles. The highest BCUT2D eigenvalue weighted by Crippen LogP contribution is 2.25. The minimum Gasteiger partial charge on any atom is -0.477 e. The molecule has 5 heteroatoms. The van der Waals surface area contributed by atoms with Crippen molar-refractivity contribution >= 4 is 5.91 Å². The summed E-state index contributed by atoms with van der Waals surface area (Å²) in [5, 5.41) is 7.39. The van der Waals surface area contributed by atoms with Crippen LogP contribution in [0.15, 0.2) is 36.5 Å². The highest BCUT2D eigenvalue weighted by molar-refractivity contribution is 5.96. The van der Waals surface area contributed by atoms with Gasteiger partial charge in [-0.05, 0) is 17.9 Å². The Balaban J connectivity index is 1.79. The topological polar surface area (TPSA) is 56.2 Å². The predicted molar refractivity (Wildman–Crippen MR) is 88.4 cm³/mol. The Bertz CT molecular complexity index is 664. The van der Waals surface area contributed by atoms with E-state index in [9.17, 15) is 4.79 Å². The third kappa shape index (κ3) is 3.55. The quantitative estimate of drug-likeness (QED) is 0.922. The van der Waals surface area contributed by atoms with E-state index in [-0.39, 0.29) is 11.9 Å². The van der Waals surface area contributed by atoms with Crippen LogP contribution in [-0.2, 0) is 6.54 Å². The number of hydrogen-bond acceptors (Lipinski definition) is 3. The standard InChI is InChI=1S/C18H23N3O2/c1-13(2)11-16(14-7-4-3-5-8-14)20-17(22)15-12-19-21-9-6-10-23-18(15)21/h3-5,7-8,12-13,16H,6,9-11H2,1-2H3,(H,20,22). The van der Waals surface area contributed by atoms with Crippen molar-refractivity contribution in [2.75, 3.05) is 6.61 Å². The lowest BCUT2D eigenvalue weighted by Gasteiger charge is -2.22. The molecule has 1 amide bonds. The lowest BCUT2D eigenvalue weighted by molar-refractivity contribution is 0.0925. The molecule has 2 heterocycles. The second kappa shape index (κ2) is 6.86. The number of hydrogen-bond donors (Lipinski definition) is 1.